The first kappa shape index (κ1) is 17.9. The number of aryl methyl sites for hydroxylation is 1. The number of ketones is 1. The second kappa shape index (κ2) is 7.52. The third kappa shape index (κ3) is 3.82. The van der Waals surface area contributed by atoms with Crippen molar-refractivity contribution in [3.63, 3.8) is 0 Å². The first-order valence-electron chi connectivity index (χ1n) is 8.68. The van der Waals surface area contributed by atoms with Gasteiger partial charge in [0.2, 0.25) is 11.7 Å². The second-order valence-electron chi connectivity index (χ2n) is 6.47. The maximum absolute atomic E-state index is 12.4. The van der Waals surface area contributed by atoms with Crippen LogP contribution in [0.4, 0.5) is 5.69 Å². The molecular weight excluding hydrogens is 330 g/mol. The van der Waals surface area contributed by atoms with E-state index in [0.717, 1.165) is 17.7 Å². The van der Waals surface area contributed by atoms with Crippen LogP contribution in [0.3, 0.4) is 0 Å². The minimum Gasteiger partial charge on any atom is -0.451 e. The molecule has 1 aliphatic rings. The second-order valence-corrected chi connectivity index (χ2v) is 6.47. The monoisotopic (exact) mass is 351 g/mol. The lowest BCUT2D eigenvalue weighted by Gasteiger charge is -2.16. The number of Topliss-reactive ketones (excluding diaryl/α,β-unsaturated/α-hetero) is 1. The maximum Gasteiger partial charge on any atom is 0.338 e. The highest BCUT2D eigenvalue weighted by Crippen LogP contribution is 2.22. The number of anilines is 1. The number of amides is 1. The molecule has 0 spiro atoms. The molecule has 0 radical (unpaired) electrons. The van der Waals surface area contributed by atoms with E-state index >= 15 is 0 Å². The van der Waals surface area contributed by atoms with Gasteiger partial charge >= 0.3 is 5.97 Å². The Balaban J connectivity index is 1.64. The van der Waals surface area contributed by atoms with Crippen molar-refractivity contribution in [2.24, 2.45) is 0 Å². The van der Waals surface area contributed by atoms with Crippen LogP contribution in [0.25, 0.3) is 0 Å². The highest BCUT2D eigenvalue weighted by molar-refractivity contribution is 6.01. The molecule has 134 valence electrons. The molecule has 1 heterocycles. The minimum atomic E-state index is -0.870. The van der Waals surface area contributed by atoms with Crippen LogP contribution in [0.15, 0.2) is 48.5 Å². The van der Waals surface area contributed by atoms with Gasteiger partial charge in [-0.15, -0.1) is 0 Å². The zero-order valence-corrected chi connectivity index (χ0v) is 14.9. The van der Waals surface area contributed by atoms with E-state index in [1.165, 1.54) is 0 Å². The van der Waals surface area contributed by atoms with Crippen molar-refractivity contribution in [2.45, 2.75) is 32.8 Å². The Labute approximate surface area is 152 Å². The van der Waals surface area contributed by atoms with Gasteiger partial charge in [0.05, 0.1) is 5.56 Å². The van der Waals surface area contributed by atoms with Crippen molar-refractivity contribution in [1.29, 1.82) is 0 Å². The Bertz CT molecular complexity index is 824. The highest BCUT2D eigenvalue weighted by atomic mass is 16.5. The number of nitrogens with zero attached hydrogens (tertiary/aromatic N) is 1. The summed E-state index contributed by atoms with van der Waals surface area (Å²) < 4.78 is 5.30. The molecule has 5 heteroatoms. The van der Waals surface area contributed by atoms with Gasteiger partial charge in [0.1, 0.15) is 0 Å². The van der Waals surface area contributed by atoms with Crippen molar-refractivity contribution in [1.82, 2.24) is 0 Å². The molecular formula is C21H21NO4. The summed E-state index contributed by atoms with van der Waals surface area (Å²) in [5, 5.41) is 0. The number of carbonyl (C=O) groups excluding carboxylic acids is 3. The van der Waals surface area contributed by atoms with Crippen LogP contribution in [0.2, 0.25) is 0 Å². The lowest BCUT2D eigenvalue weighted by molar-refractivity contribution is -0.117. The number of benzene rings is 2. The summed E-state index contributed by atoms with van der Waals surface area (Å²) >= 11 is 0. The standard InChI is InChI=1S/C21H21NO4/c1-14-5-7-16(8-6-14)20(24)15(2)26-21(25)17-9-11-18(12-10-17)22-13-3-4-19(22)23/h5-12,15H,3-4,13H2,1-2H3. The fraction of sp³-hybridized carbons (Fsp3) is 0.286. The summed E-state index contributed by atoms with van der Waals surface area (Å²) in [6.07, 6.45) is 0.536. The van der Waals surface area contributed by atoms with Gasteiger partial charge in [-0.3, -0.25) is 9.59 Å². The number of esters is 1. The number of rotatable bonds is 5. The summed E-state index contributed by atoms with van der Waals surface area (Å²) in [5.41, 5.74) is 2.69. The van der Waals surface area contributed by atoms with Gasteiger partial charge in [-0.05, 0) is 44.5 Å². The van der Waals surface area contributed by atoms with Gasteiger partial charge in [-0.1, -0.05) is 29.8 Å². The molecule has 1 saturated heterocycles. The van der Waals surface area contributed by atoms with Crippen molar-refractivity contribution >= 4 is 23.3 Å². The SMILES string of the molecule is Cc1ccc(C(=O)C(C)OC(=O)c2ccc(N3CCCC3=O)cc2)cc1. The van der Waals surface area contributed by atoms with Gasteiger partial charge in [0, 0.05) is 24.2 Å². The molecule has 1 amide bonds. The average Bonchev–Trinajstić information content (AvgIpc) is 3.07. The van der Waals surface area contributed by atoms with E-state index in [1.54, 1.807) is 48.2 Å². The maximum atomic E-state index is 12.4. The van der Waals surface area contributed by atoms with E-state index in [4.69, 9.17) is 4.74 Å². The molecule has 0 aromatic heterocycles. The van der Waals surface area contributed by atoms with Crippen molar-refractivity contribution in [3.05, 3.63) is 65.2 Å². The lowest BCUT2D eigenvalue weighted by atomic mass is 10.1. The molecule has 0 N–H and O–H groups in total. The van der Waals surface area contributed by atoms with Gasteiger partial charge in [0.15, 0.2) is 6.10 Å². The number of hydrogen-bond acceptors (Lipinski definition) is 4. The molecule has 2 aromatic carbocycles. The first-order valence-corrected chi connectivity index (χ1v) is 8.68. The van der Waals surface area contributed by atoms with Crippen LogP contribution in [-0.4, -0.2) is 30.3 Å². The molecule has 5 nitrogen and oxygen atoms in total. The van der Waals surface area contributed by atoms with Gasteiger partial charge in [-0.2, -0.15) is 0 Å². The van der Waals surface area contributed by atoms with E-state index < -0.39 is 12.1 Å². The molecule has 3 rings (SSSR count). The Hall–Kier alpha value is -2.95. The molecule has 1 aliphatic heterocycles. The van der Waals surface area contributed by atoms with Crippen LogP contribution in [0.5, 0.6) is 0 Å². The molecule has 1 atom stereocenters. The van der Waals surface area contributed by atoms with E-state index in [2.05, 4.69) is 0 Å². The largest absolute Gasteiger partial charge is 0.451 e. The quantitative estimate of drug-likeness (QED) is 0.610. The van der Waals surface area contributed by atoms with E-state index in [0.29, 0.717) is 24.1 Å². The first-order chi connectivity index (χ1) is 12.5. The number of carbonyl (C=O) groups is 3. The summed E-state index contributed by atoms with van der Waals surface area (Å²) in [4.78, 5) is 38.1. The van der Waals surface area contributed by atoms with Crippen LogP contribution in [0.1, 0.15) is 46.0 Å². The Kier molecular flexibility index (Phi) is 5.16. The fourth-order valence-corrected chi connectivity index (χ4v) is 2.93. The average molecular weight is 351 g/mol. The highest BCUT2D eigenvalue weighted by Gasteiger charge is 2.23. The van der Waals surface area contributed by atoms with Gasteiger partial charge < -0.3 is 9.64 Å². The van der Waals surface area contributed by atoms with Crippen LogP contribution in [0, 0.1) is 6.92 Å². The summed E-state index contributed by atoms with van der Waals surface area (Å²) in [6.45, 7) is 4.21. The zero-order valence-electron chi connectivity index (χ0n) is 14.9. The predicted molar refractivity (Wildman–Crippen MR) is 98.4 cm³/mol. The molecule has 0 saturated carbocycles. The Morgan fingerprint density at radius 2 is 1.62 bits per heavy atom. The van der Waals surface area contributed by atoms with Crippen molar-refractivity contribution in [2.75, 3.05) is 11.4 Å². The van der Waals surface area contributed by atoms with Gasteiger partial charge in [-0.25, -0.2) is 4.79 Å². The lowest BCUT2D eigenvalue weighted by Crippen LogP contribution is -2.25. The molecule has 0 bridgehead atoms. The third-order valence-electron chi connectivity index (χ3n) is 4.48. The molecule has 0 aliphatic carbocycles. The summed E-state index contributed by atoms with van der Waals surface area (Å²) in [7, 11) is 0. The Morgan fingerprint density at radius 1 is 1.00 bits per heavy atom. The van der Waals surface area contributed by atoms with Crippen LogP contribution < -0.4 is 4.90 Å². The summed E-state index contributed by atoms with van der Waals surface area (Å²) in [6, 6.07) is 13.8. The van der Waals surface area contributed by atoms with Crippen LogP contribution >= 0.6 is 0 Å². The zero-order chi connectivity index (χ0) is 18.7. The topological polar surface area (TPSA) is 63.7 Å². The molecule has 1 unspecified atom stereocenters. The van der Waals surface area contributed by atoms with Crippen molar-refractivity contribution in [3.8, 4) is 0 Å². The Morgan fingerprint density at radius 3 is 2.19 bits per heavy atom. The predicted octanol–water partition coefficient (Wildman–Crippen LogP) is 3.55. The molecule has 26 heavy (non-hydrogen) atoms. The fourth-order valence-electron chi connectivity index (χ4n) is 2.93. The van der Waals surface area contributed by atoms with E-state index in [1.807, 2.05) is 19.1 Å². The number of ether oxygens (including phenoxy) is 1. The minimum absolute atomic E-state index is 0.0950. The molecule has 1 fully saturated rings. The van der Waals surface area contributed by atoms with E-state index in [-0.39, 0.29) is 11.7 Å². The van der Waals surface area contributed by atoms with Crippen LogP contribution in [-0.2, 0) is 9.53 Å². The van der Waals surface area contributed by atoms with E-state index in [9.17, 15) is 14.4 Å². The van der Waals surface area contributed by atoms with Crippen molar-refractivity contribution < 1.29 is 19.1 Å². The smallest absolute Gasteiger partial charge is 0.338 e. The number of hydrogen-bond donors (Lipinski definition) is 0. The normalized spacial score (nSPS) is 15.0. The summed E-state index contributed by atoms with van der Waals surface area (Å²) in [5.74, 6) is -0.701. The molecule has 2 aromatic rings. The third-order valence-corrected chi connectivity index (χ3v) is 4.48. The van der Waals surface area contributed by atoms with Gasteiger partial charge in [0.25, 0.3) is 0 Å².